The third-order valence-electron chi connectivity index (χ3n) is 3.62. The highest BCUT2D eigenvalue weighted by molar-refractivity contribution is 5.97. The lowest BCUT2D eigenvalue weighted by atomic mass is 10.0. The van der Waals surface area contributed by atoms with Crippen LogP contribution in [-0.2, 0) is 9.53 Å². The molecule has 1 amide bonds. The number of carbonyl (C=O) groups is 2. The summed E-state index contributed by atoms with van der Waals surface area (Å²) in [5, 5.41) is 13.1. The molecule has 2 aromatic rings. The van der Waals surface area contributed by atoms with Crippen LogP contribution in [0.15, 0.2) is 54.6 Å². The van der Waals surface area contributed by atoms with E-state index < -0.39 is 24.0 Å². The Hall–Kier alpha value is -2.86. The largest absolute Gasteiger partial charge is 0.497 e. The van der Waals surface area contributed by atoms with E-state index in [1.54, 1.807) is 61.5 Å². The highest BCUT2D eigenvalue weighted by atomic mass is 16.5. The number of benzene rings is 2. The Labute approximate surface area is 146 Å². The maximum Gasteiger partial charge on any atom is 0.331 e. The van der Waals surface area contributed by atoms with Crippen molar-refractivity contribution < 1.29 is 24.2 Å². The Morgan fingerprint density at radius 1 is 1.12 bits per heavy atom. The second kappa shape index (κ2) is 8.84. The third kappa shape index (κ3) is 4.81. The molecule has 2 unspecified atom stereocenters. The number of aliphatic hydroxyl groups excluding tert-OH is 1. The number of esters is 1. The molecule has 0 aliphatic carbocycles. The first kappa shape index (κ1) is 18.5. The normalized spacial score (nSPS) is 12.8. The fraction of sp³-hybridized carbons (Fsp3) is 0.263. The summed E-state index contributed by atoms with van der Waals surface area (Å²) in [4.78, 5) is 24.7. The van der Waals surface area contributed by atoms with Crippen LogP contribution < -0.4 is 10.1 Å². The molecule has 0 saturated carbocycles. The Morgan fingerprint density at radius 3 is 2.48 bits per heavy atom. The van der Waals surface area contributed by atoms with Gasteiger partial charge in [-0.25, -0.2) is 4.79 Å². The van der Waals surface area contributed by atoms with Crippen molar-refractivity contribution in [1.29, 1.82) is 0 Å². The molecule has 6 nitrogen and oxygen atoms in total. The van der Waals surface area contributed by atoms with E-state index in [1.165, 1.54) is 7.11 Å². The number of amides is 1. The van der Waals surface area contributed by atoms with Gasteiger partial charge in [0.15, 0.2) is 6.04 Å². The molecule has 0 aliphatic rings. The maximum atomic E-state index is 12.5. The summed E-state index contributed by atoms with van der Waals surface area (Å²) in [5.74, 6) is -0.689. The van der Waals surface area contributed by atoms with Gasteiger partial charge < -0.3 is 19.9 Å². The zero-order chi connectivity index (χ0) is 18.2. The van der Waals surface area contributed by atoms with Crippen molar-refractivity contribution in [1.82, 2.24) is 5.32 Å². The number of methoxy groups -OCH3 is 1. The lowest BCUT2D eigenvalue weighted by Gasteiger charge is -2.23. The van der Waals surface area contributed by atoms with Gasteiger partial charge in [0, 0.05) is 5.56 Å². The Morgan fingerprint density at radius 2 is 1.84 bits per heavy atom. The molecule has 0 bridgehead atoms. The van der Waals surface area contributed by atoms with E-state index in [2.05, 4.69) is 5.32 Å². The first-order valence-corrected chi connectivity index (χ1v) is 7.91. The summed E-state index contributed by atoms with van der Waals surface area (Å²) in [6.07, 6.45) is -1.23. The van der Waals surface area contributed by atoms with Crippen molar-refractivity contribution in [2.75, 3.05) is 13.7 Å². The summed E-state index contributed by atoms with van der Waals surface area (Å²) in [6, 6.07) is 13.9. The van der Waals surface area contributed by atoms with Crippen molar-refractivity contribution >= 4 is 11.9 Å². The molecule has 0 aromatic heterocycles. The average molecular weight is 343 g/mol. The minimum Gasteiger partial charge on any atom is -0.497 e. The predicted octanol–water partition coefficient (Wildman–Crippen LogP) is 2.09. The summed E-state index contributed by atoms with van der Waals surface area (Å²) in [5.41, 5.74) is 0.820. The van der Waals surface area contributed by atoms with Crippen molar-refractivity contribution in [2.24, 2.45) is 0 Å². The van der Waals surface area contributed by atoms with Gasteiger partial charge in [0.05, 0.1) is 13.7 Å². The smallest absolute Gasteiger partial charge is 0.331 e. The Balaban J connectivity index is 2.23. The predicted molar refractivity (Wildman–Crippen MR) is 92.3 cm³/mol. The van der Waals surface area contributed by atoms with Gasteiger partial charge in [-0.1, -0.05) is 36.4 Å². The first-order valence-electron chi connectivity index (χ1n) is 7.91. The highest BCUT2D eigenvalue weighted by Crippen LogP contribution is 2.19. The highest BCUT2D eigenvalue weighted by Gasteiger charge is 2.31. The van der Waals surface area contributed by atoms with Gasteiger partial charge in [-0.15, -0.1) is 0 Å². The molecule has 2 rings (SSSR count). The summed E-state index contributed by atoms with van der Waals surface area (Å²) >= 11 is 0. The molecule has 0 saturated heterocycles. The monoisotopic (exact) mass is 343 g/mol. The number of aliphatic hydroxyl groups is 1. The molecule has 6 heteroatoms. The summed E-state index contributed by atoms with van der Waals surface area (Å²) in [7, 11) is 1.50. The van der Waals surface area contributed by atoms with Gasteiger partial charge in [-0.05, 0) is 30.7 Å². The number of hydrogen-bond donors (Lipinski definition) is 2. The van der Waals surface area contributed by atoms with Crippen LogP contribution in [0.2, 0.25) is 0 Å². The van der Waals surface area contributed by atoms with E-state index >= 15 is 0 Å². The lowest BCUT2D eigenvalue weighted by Crippen LogP contribution is -2.46. The molecule has 132 valence electrons. The molecule has 0 heterocycles. The molecule has 25 heavy (non-hydrogen) atoms. The molecule has 0 fully saturated rings. The average Bonchev–Trinajstić information content (AvgIpc) is 2.66. The van der Waals surface area contributed by atoms with Crippen LogP contribution in [0.25, 0.3) is 0 Å². The SMILES string of the molecule is CCOC(=O)C(NC(=O)c1cccc(OC)c1)C(O)c1ccccc1. The van der Waals surface area contributed by atoms with Gasteiger partial charge in [0.2, 0.25) is 0 Å². The fourth-order valence-corrected chi connectivity index (χ4v) is 2.33. The number of rotatable bonds is 7. The topological polar surface area (TPSA) is 84.9 Å². The lowest BCUT2D eigenvalue weighted by molar-refractivity contribution is -0.148. The van der Waals surface area contributed by atoms with E-state index in [-0.39, 0.29) is 6.61 Å². The van der Waals surface area contributed by atoms with Crippen LogP contribution >= 0.6 is 0 Å². The van der Waals surface area contributed by atoms with E-state index in [1.807, 2.05) is 0 Å². The van der Waals surface area contributed by atoms with Crippen LogP contribution in [-0.4, -0.2) is 36.7 Å². The van der Waals surface area contributed by atoms with Crippen LogP contribution in [0, 0.1) is 0 Å². The number of ether oxygens (including phenoxy) is 2. The number of nitrogens with one attached hydrogen (secondary N) is 1. The zero-order valence-corrected chi connectivity index (χ0v) is 14.1. The van der Waals surface area contributed by atoms with Crippen LogP contribution in [0.5, 0.6) is 5.75 Å². The minimum atomic E-state index is -1.23. The zero-order valence-electron chi connectivity index (χ0n) is 14.1. The van der Waals surface area contributed by atoms with Gasteiger partial charge in [-0.2, -0.15) is 0 Å². The van der Waals surface area contributed by atoms with Gasteiger partial charge in [0.25, 0.3) is 5.91 Å². The van der Waals surface area contributed by atoms with Gasteiger partial charge >= 0.3 is 5.97 Å². The second-order valence-corrected chi connectivity index (χ2v) is 5.29. The molecule has 0 radical (unpaired) electrons. The standard InChI is InChI=1S/C19H21NO5/c1-3-25-19(23)16(17(21)13-8-5-4-6-9-13)20-18(22)14-10-7-11-15(12-14)24-2/h4-12,16-17,21H,3H2,1-2H3,(H,20,22). The Kier molecular flexibility index (Phi) is 6.54. The second-order valence-electron chi connectivity index (χ2n) is 5.29. The molecular weight excluding hydrogens is 322 g/mol. The van der Waals surface area contributed by atoms with Crippen LogP contribution in [0.3, 0.4) is 0 Å². The van der Waals surface area contributed by atoms with Crippen LogP contribution in [0.1, 0.15) is 28.9 Å². The molecule has 0 spiro atoms. The van der Waals surface area contributed by atoms with E-state index in [0.29, 0.717) is 16.9 Å². The van der Waals surface area contributed by atoms with Crippen molar-refractivity contribution in [3.05, 3.63) is 65.7 Å². The quantitative estimate of drug-likeness (QED) is 0.752. The number of carbonyl (C=O) groups excluding carboxylic acids is 2. The molecule has 0 aliphatic heterocycles. The minimum absolute atomic E-state index is 0.145. The molecular formula is C19H21NO5. The third-order valence-corrected chi connectivity index (χ3v) is 3.62. The Bertz CT molecular complexity index is 717. The summed E-state index contributed by atoms with van der Waals surface area (Å²) < 4.78 is 10.1. The van der Waals surface area contributed by atoms with E-state index in [0.717, 1.165) is 0 Å². The van der Waals surface area contributed by atoms with Crippen molar-refractivity contribution in [3.8, 4) is 5.75 Å². The van der Waals surface area contributed by atoms with Crippen molar-refractivity contribution in [2.45, 2.75) is 19.1 Å². The molecule has 2 aromatic carbocycles. The van der Waals surface area contributed by atoms with Gasteiger partial charge in [0.1, 0.15) is 11.9 Å². The maximum absolute atomic E-state index is 12.5. The first-order chi connectivity index (χ1) is 12.1. The van der Waals surface area contributed by atoms with Crippen molar-refractivity contribution in [3.63, 3.8) is 0 Å². The summed E-state index contributed by atoms with van der Waals surface area (Å²) in [6.45, 7) is 1.81. The molecule has 2 N–H and O–H groups in total. The van der Waals surface area contributed by atoms with E-state index in [4.69, 9.17) is 9.47 Å². The number of hydrogen-bond acceptors (Lipinski definition) is 5. The molecule has 2 atom stereocenters. The van der Waals surface area contributed by atoms with Crippen LogP contribution in [0.4, 0.5) is 0 Å². The fourth-order valence-electron chi connectivity index (χ4n) is 2.33. The van der Waals surface area contributed by atoms with E-state index in [9.17, 15) is 14.7 Å². The van der Waals surface area contributed by atoms with Gasteiger partial charge in [-0.3, -0.25) is 4.79 Å².